The van der Waals surface area contributed by atoms with Crippen molar-refractivity contribution in [1.82, 2.24) is 47.5 Å². The molecule has 4 rings (SSSR count). The van der Waals surface area contributed by atoms with Crippen LogP contribution >= 0.6 is 0 Å². The smallest absolute Gasteiger partial charge is 0.243 e. The Balaban J connectivity index is 1.76. The van der Waals surface area contributed by atoms with Gasteiger partial charge in [-0.25, -0.2) is 0 Å². The van der Waals surface area contributed by atoms with Crippen molar-refractivity contribution in [3.8, 4) is 0 Å². The maximum Gasteiger partial charge on any atom is 0.243 e. The second kappa shape index (κ2) is 30.7. The van der Waals surface area contributed by atoms with E-state index >= 15 is 0 Å². The van der Waals surface area contributed by atoms with Crippen molar-refractivity contribution in [3.05, 3.63) is 71.9 Å². The van der Waals surface area contributed by atoms with E-state index in [0.717, 1.165) is 10.9 Å². The van der Waals surface area contributed by atoms with Crippen LogP contribution in [0.2, 0.25) is 0 Å². The first-order chi connectivity index (χ1) is 35.8. The first-order valence-electron chi connectivity index (χ1n) is 24.9. The predicted molar refractivity (Wildman–Crippen MR) is 280 cm³/mol. The number of carbonyl (C=O) groups is 9. The summed E-state index contributed by atoms with van der Waals surface area (Å²) in [6.45, 7) is 1.35. The molecule has 21 N–H and O–H groups in total. The highest BCUT2D eigenvalue weighted by molar-refractivity contribution is 5.98. The number of fused-ring (bicyclic) bond motifs is 1. The van der Waals surface area contributed by atoms with Crippen LogP contribution in [0.25, 0.3) is 10.9 Å². The number of nitrogens with zero attached hydrogens (tertiary/aromatic N) is 2. The molecule has 0 spiro atoms. The molecule has 75 heavy (non-hydrogen) atoms. The summed E-state index contributed by atoms with van der Waals surface area (Å²) in [5.74, 6) is -7.00. The van der Waals surface area contributed by atoms with Crippen LogP contribution < -0.4 is 76.9 Å². The lowest BCUT2D eigenvalue weighted by Gasteiger charge is -2.28. The third-order valence-corrected chi connectivity index (χ3v) is 12.1. The Kier molecular flexibility index (Phi) is 24.2. The summed E-state index contributed by atoms with van der Waals surface area (Å²) < 4.78 is 0. The van der Waals surface area contributed by atoms with Crippen LogP contribution in [-0.4, -0.2) is 139 Å². The van der Waals surface area contributed by atoms with Crippen molar-refractivity contribution >= 4 is 76.0 Å². The summed E-state index contributed by atoms with van der Waals surface area (Å²) in [7, 11) is 0. The summed E-state index contributed by atoms with van der Waals surface area (Å²) in [4.78, 5) is 135. The summed E-state index contributed by atoms with van der Waals surface area (Å²) in [5, 5.41) is 22.5. The number of H-pyrrole nitrogens is 1. The van der Waals surface area contributed by atoms with Gasteiger partial charge in [-0.1, -0.05) is 48.5 Å². The van der Waals surface area contributed by atoms with E-state index in [2.05, 4.69) is 57.5 Å². The zero-order valence-corrected chi connectivity index (χ0v) is 42.2. The molecule has 26 heteroatoms. The van der Waals surface area contributed by atoms with Gasteiger partial charge in [0.05, 0.1) is 0 Å². The fraction of sp³-hybridized carbons (Fsp3) is 0.490. The van der Waals surface area contributed by atoms with Crippen molar-refractivity contribution in [1.29, 1.82) is 0 Å². The van der Waals surface area contributed by atoms with Gasteiger partial charge in [-0.15, -0.1) is 0 Å². The number of aromatic nitrogens is 1. The first-order valence-corrected chi connectivity index (χ1v) is 24.9. The molecule has 2 heterocycles. The fourth-order valence-electron chi connectivity index (χ4n) is 8.26. The molecule has 26 nitrogen and oxygen atoms in total. The molecule has 7 atom stereocenters. The van der Waals surface area contributed by atoms with Crippen LogP contribution in [0.3, 0.4) is 0 Å². The highest BCUT2D eigenvalue weighted by Crippen LogP contribution is 2.20. The topological polar surface area (TPSA) is 446 Å². The number of nitrogens with two attached hydrogens (primary N) is 6. The van der Waals surface area contributed by atoms with Gasteiger partial charge < -0.3 is 81.9 Å². The number of hydrogen-bond acceptors (Lipinski definition) is 12. The Morgan fingerprint density at radius 2 is 1.28 bits per heavy atom. The Hall–Kier alpha value is -8.29. The van der Waals surface area contributed by atoms with E-state index in [4.69, 9.17) is 34.4 Å². The van der Waals surface area contributed by atoms with E-state index in [1.807, 2.05) is 24.3 Å². The molecule has 0 radical (unpaired) electrons. The van der Waals surface area contributed by atoms with E-state index < -0.39 is 95.5 Å². The normalized spacial score (nSPS) is 21.1. The number of benzene rings is 2. The largest absolute Gasteiger partial charge is 0.370 e. The average molecular weight is 1040 g/mol. The molecule has 0 saturated carbocycles. The standard InChI is InChI=1S/C49H73N17O9/c1-28(67)60-34(16-9-21-57-48(52)53)42(70)62-35-15-7-8-20-56-41(69)25-31(26-50)61-46(74)39(24-30-27-59-33-14-6-5-13-32(30)33)66-44(72)36(17-10-22-58-49(54)55)63-47(75)38(23-29-11-3-2-4-12-29)65-45(73)37(64-43(35)71)18-19-40(51)68/h2-6,11-14,27,31,34-39,59H,7-10,15-26,50H2,1H3,(H2,51,68)(H,56,69)(H,60,67)(H,61,74)(H,62,70)(H,63,75)(H,64,71)(H,65,73)(H,66,72)(H4,52,53,57)(H4,54,55,58). The van der Waals surface area contributed by atoms with Crippen LogP contribution in [0.15, 0.2) is 70.8 Å². The lowest BCUT2D eigenvalue weighted by Crippen LogP contribution is -2.60. The number of amides is 9. The number of hydrogen-bond donors (Lipinski definition) is 15. The molecule has 9 amide bonds. The van der Waals surface area contributed by atoms with Crippen LogP contribution in [0.5, 0.6) is 0 Å². The lowest BCUT2D eigenvalue weighted by atomic mass is 10.0. The van der Waals surface area contributed by atoms with Gasteiger partial charge in [0.1, 0.15) is 36.3 Å². The predicted octanol–water partition coefficient (Wildman–Crippen LogP) is -3.61. The number of aromatic amines is 1. The van der Waals surface area contributed by atoms with Crippen molar-refractivity contribution in [2.45, 2.75) is 126 Å². The highest BCUT2D eigenvalue weighted by Gasteiger charge is 2.34. The van der Waals surface area contributed by atoms with Gasteiger partial charge in [0.15, 0.2) is 11.9 Å². The Morgan fingerprint density at radius 3 is 1.93 bits per heavy atom. The highest BCUT2D eigenvalue weighted by atomic mass is 16.2. The summed E-state index contributed by atoms with van der Waals surface area (Å²) in [6.07, 6.45) is 1.51. The molecule has 408 valence electrons. The van der Waals surface area contributed by atoms with Crippen molar-refractivity contribution in [3.63, 3.8) is 0 Å². The second-order valence-corrected chi connectivity index (χ2v) is 18.2. The molecule has 1 saturated heterocycles. The zero-order valence-electron chi connectivity index (χ0n) is 42.2. The van der Waals surface area contributed by atoms with Gasteiger partial charge in [0, 0.05) is 81.9 Å². The minimum Gasteiger partial charge on any atom is -0.370 e. The second-order valence-electron chi connectivity index (χ2n) is 18.2. The van der Waals surface area contributed by atoms with Crippen molar-refractivity contribution in [2.24, 2.45) is 44.4 Å². The minimum atomic E-state index is -1.51. The number of nitrogens with one attached hydrogen (secondary N) is 9. The number of aliphatic imine (C=N–C) groups is 2. The lowest BCUT2D eigenvalue weighted by molar-refractivity contribution is -0.136. The average Bonchev–Trinajstić information content (AvgIpc) is 3.77. The number of carbonyl (C=O) groups excluding carboxylic acids is 9. The number of para-hydroxylation sites is 1. The molecule has 7 unspecified atom stereocenters. The molecular weight excluding hydrogens is 971 g/mol. The molecule has 3 aromatic rings. The third kappa shape index (κ3) is 21.0. The van der Waals surface area contributed by atoms with Gasteiger partial charge in [-0.05, 0) is 68.6 Å². The Bertz CT molecular complexity index is 2490. The molecule has 1 aliphatic rings. The van der Waals surface area contributed by atoms with E-state index in [9.17, 15) is 43.2 Å². The third-order valence-electron chi connectivity index (χ3n) is 12.1. The van der Waals surface area contributed by atoms with Gasteiger partial charge in [-0.2, -0.15) is 0 Å². The van der Waals surface area contributed by atoms with Crippen LogP contribution in [0.1, 0.15) is 82.3 Å². The fourth-order valence-corrected chi connectivity index (χ4v) is 8.26. The van der Waals surface area contributed by atoms with Crippen LogP contribution in [-0.2, 0) is 56.0 Å². The number of rotatable bonds is 19. The van der Waals surface area contributed by atoms with E-state index in [-0.39, 0.29) is 115 Å². The minimum absolute atomic E-state index is 0.0282. The van der Waals surface area contributed by atoms with Gasteiger partial charge in [0.2, 0.25) is 53.2 Å². The maximum absolute atomic E-state index is 14.6. The quantitative estimate of drug-likeness (QED) is 0.0314. The van der Waals surface area contributed by atoms with Gasteiger partial charge >= 0.3 is 0 Å². The first kappa shape index (κ1) is 59.3. The number of guanidine groups is 2. The van der Waals surface area contributed by atoms with Crippen LogP contribution in [0.4, 0.5) is 0 Å². The molecular formula is C49H73N17O9. The molecule has 0 bridgehead atoms. The number of primary amides is 1. The summed E-state index contributed by atoms with van der Waals surface area (Å²) in [6, 6.07) is 7.05. The molecule has 1 fully saturated rings. The molecule has 2 aromatic carbocycles. The zero-order chi connectivity index (χ0) is 54.9. The SMILES string of the molecule is CC(=O)NC(CCCN=C(N)N)C(=O)NC1CCCCNC(=O)CC(CN)NC(=O)C(Cc2c[nH]c3ccccc23)NC(=O)C(CCCN=C(N)N)NC(=O)C(Cc2ccccc2)NC(=O)C(CCC(N)=O)NC1=O. The van der Waals surface area contributed by atoms with E-state index in [0.29, 0.717) is 11.1 Å². The molecule has 1 aromatic heterocycles. The monoisotopic (exact) mass is 1040 g/mol. The van der Waals surface area contributed by atoms with Gasteiger partial charge in [-0.3, -0.25) is 53.1 Å². The van der Waals surface area contributed by atoms with E-state index in [1.165, 1.54) is 6.92 Å². The van der Waals surface area contributed by atoms with E-state index in [1.54, 1.807) is 36.5 Å². The molecule has 1 aliphatic heterocycles. The van der Waals surface area contributed by atoms with Gasteiger partial charge in [0.25, 0.3) is 0 Å². The summed E-state index contributed by atoms with van der Waals surface area (Å²) >= 11 is 0. The van der Waals surface area contributed by atoms with Crippen molar-refractivity contribution in [2.75, 3.05) is 26.2 Å². The summed E-state index contributed by atoms with van der Waals surface area (Å²) in [5.41, 5.74) is 35.7. The van der Waals surface area contributed by atoms with Crippen LogP contribution in [0, 0.1) is 0 Å². The Morgan fingerprint density at radius 1 is 0.693 bits per heavy atom. The Labute approximate surface area is 434 Å². The maximum atomic E-state index is 14.6. The van der Waals surface area contributed by atoms with Crippen molar-refractivity contribution < 1.29 is 43.2 Å². The molecule has 0 aliphatic carbocycles.